The molecule has 5 heteroatoms. The first-order chi connectivity index (χ1) is 12.2. The van der Waals surface area contributed by atoms with Crippen LogP contribution in [0.2, 0.25) is 0 Å². The number of nitrogens with zero attached hydrogens (tertiary/aromatic N) is 2. The minimum absolute atomic E-state index is 0.0512. The molecule has 2 aromatic carbocycles. The zero-order valence-corrected chi connectivity index (χ0v) is 14.3. The topological polar surface area (TPSA) is 59.0 Å². The number of rotatable bonds is 4. The molecule has 1 fully saturated rings. The molecular formula is C20H22N4O. The Morgan fingerprint density at radius 3 is 2.88 bits per heavy atom. The van der Waals surface area contributed by atoms with Crippen molar-refractivity contribution < 1.29 is 4.79 Å². The van der Waals surface area contributed by atoms with Gasteiger partial charge in [-0.3, -0.25) is 9.48 Å². The van der Waals surface area contributed by atoms with Crippen LogP contribution in [0.25, 0.3) is 10.8 Å². The average molecular weight is 334 g/mol. The molecule has 4 rings (SSSR count). The molecule has 0 radical (unpaired) electrons. The van der Waals surface area contributed by atoms with Crippen LogP contribution in [0, 0.1) is 5.92 Å². The first-order valence-corrected chi connectivity index (χ1v) is 8.65. The van der Waals surface area contributed by atoms with E-state index in [0.717, 1.165) is 17.7 Å². The lowest BCUT2D eigenvalue weighted by Gasteiger charge is -2.17. The molecule has 2 atom stereocenters. The fourth-order valence-electron chi connectivity index (χ4n) is 3.61. The van der Waals surface area contributed by atoms with Crippen LogP contribution in [0.1, 0.15) is 17.0 Å². The molecule has 1 aliphatic rings. The summed E-state index contributed by atoms with van der Waals surface area (Å²) in [6, 6.07) is 14.6. The first kappa shape index (κ1) is 15.8. The van der Waals surface area contributed by atoms with Gasteiger partial charge in [-0.2, -0.15) is 5.10 Å². The Balaban J connectivity index is 1.43. The lowest BCUT2D eigenvalue weighted by molar-refractivity contribution is -0.125. The second-order valence-electron chi connectivity index (χ2n) is 6.72. The lowest BCUT2D eigenvalue weighted by Crippen LogP contribution is -2.33. The van der Waals surface area contributed by atoms with Gasteiger partial charge < -0.3 is 10.6 Å². The number of aryl methyl sites for hydroxylation is 1. The summed E-state index contributed by atoms with van der Waals surface area (Å²) in [6.45, 7) is 2.09. The zero-order valence-electron chi connectivity index (χ0n) is 14.3. The molecule has 2 heterocycles. The molecule has 128 valence electrons. The van der Waals surface area contributed by atoms with Crippen molar-refractivity contribution in [3.63, 3.8) is 0 Å². The van der Waals surface area contributed by atoms with E-state index in [1.165, 1.54) is 10.8 Å². The van der Waals surface area contributed by atoms with Gasteiger partial charge in [-0.05, 0) is 28.0 Å². The van der Waals surface area contributed by atoms with Crippen molar-refractivity contribution in [1.82, 2.24) is 20.4 Å². The molecule has 0 unspecified atom stereocenters. The van der Waals surface area contributed by atoms with Crippen LogP contribution in [0.15, 0.2) is 54.9 Å². The van der Waals surface area contributed by atoms with Crippen molar-refractivity contribution in [3.8, 4) is 0 Å². The second kappa shape index (κ2) is 6.69. The van der Waals surface area contributed by atoms with Crippen molar-refractivity contribution in [1.29, 1.82) is 0 Å². The van der Waals surface area contributed by atoms with Crippen LogP contribution in [-0.4, -0.2) is 28.8 Å². The molecule has 0 bridgehead atoms. The van der Waals surface area contributed by atoms with Gasteiger partial charge in [0.2, 0.25) is 5.91 Å². The Kier molecular flexibility index (Phi) is 4.24. The summed E-state index contributed by atoms with van der Waals surface area (Å²) < 4.78 is 1.79. The highest BCUT2D eigenvalue weighted by Crippen LogP contribution is 2.28. The van der Waals surface area contributed by atoms with Crippen molar-refractivity contribution in [2.24, 2.45) is 13.0 Å². The van der Waals surface area contributed by atoms with Gasteiger partial charge >= 0.3 is 0 Å². The number of nitrogens with one attached hydrogen (secondary N) is 2. The fourth-order valence-corrected chi connectivity index (χ4v) is 3.61. The van der Waals surface area contributed by atoms with Crippen molar-refractivity contribution in [3.05, 3.63) is 66.0 Å². The molecule has 5 nitrogen and oxygen atoms in total. The van der Waals surface area contributed by atoms with E-state index in [1.54, 1.807) is 4.68 Å². The third-order valence-electron chi connectivity index (χ3n) is 4.98. The number of aromatic nitrogens is 2. The number of hydrogen-bond donors (Lipinski definition) is 2. The summed E-state index contributed by atoms with van der Waals surface area (Å²) in [5.41, 5.74) is 2.24. The second-order valence-corrected chi connectivity index (χ2v) is 6.72. The van der Waals surface area contributed by atoms with Crippen LogP contribution in [0.3, 0.4) is 0 Å². The maximum atomic E-state index is 12.7. The van der Waals surface area contributed by atoms with Gasteiger partial charge in [0.25, 0.3) is 0 Å². The van der Waals surface area contributed by atoms with Gasteiger partial charge in [-0.25, -0.2) is 0 Å². The minimum atomic E-state index is -0.0512. The van der Waals surface area contributed by atoms with E-state index < -0.39 is 0 Å². The van der Waals surface area contributed by atoms with E-state index >= 15 is 0 Å². The summed E-state index contributed by atoms with van der Waals surface area (Å²) in [6.07, 6.45) is 3.86. The molecule has 25 heavy (non-hydrogen) atoms. The highest BCUT2D eigenvalue weighted by Gasteiger charge is 2.34. The van der Waals surface area contributed by atoms with Gasteiger partial charge in [-0.1, -0.05) is 36.4 Å². The Morgan fingerprint density at radius 2 is 2.08 bits per heavy atom. The van der Waals surface area contributed by atoms with Crippen LogP contribution in [0.5, 0.6) is 0 Å². The number of carbonyl (C=O) groups is 1. The maximum absolute atomic E-state index is 12.7. The third-order valence-corrected chi connectivity index (χ3v) is 4.98. The van der Waals surface area contributed by atoms with Gasteiger partial charge in [0, 0.05) is 38.8 Å². The summed E-state index contributed by atoms with van der Waals surface area (Å²) >= 11 is 0. The fraction of sp³-hybridized carbons (Fsp3) is 0.300. The quantitative estimate of drug-likeness (QED) is 0.769. The predicted molar refractivity (Wildman–Crippen MR) is 98.1 cm³/mol. The Hall–Kier alpha value is -2.66. The van der Waals surface area contributed by atoms with Crippen LogP contribution in [0.4, 0.5) is 0 Å². The van der Waals surface area contributed by atoms with E-state index in [2.05, 4.69) is 46.1 Å². The molecule has 1 amide bonds. The van der Waals surface area contributed by atoms with E-state index in [4.69, 9.17) is 0 Å². The molecule has 1 aromatic heterocycles. The van der Waals surface area contributed by atoms with Crippen molar-refractivity contribution in [2.45, 2.75) is 12.5 Å². The van der Waals surface area contributed by atoms with Crippen molar-refractivity contribution in [2.75, 3.05) is 13.1 Å². The average Bonchev–Trinajstić information content (AvgIpc) is 3.28. The van der Waals surface area contributed by atoms with Crippen LogP contribution < -0.4 is 10.6 Å². The van der Waals surface area contributed by atoms with Gasteiger partial charge in [0.05, 0.1) is 12.1 Å². The maximum Gasteiger partial charge on any atom is 0.225 e. The normalized spacial score (nSPS) is 20.0. The largest absolute Gasteiger partial charge is 0.352 e. The summed E-state index contributed by atoms with van der Waals surface area (Å²) in [4.78, 5) is 12.7. The highest BCUT2D eigenvalue weighted by molar-refractivity contribution is 5.83. The molecule has 0 saturated carbocycles. The number of benzene rings is 2. The molecule has 2 N–H and O–H groups in total. The predicted octanol–water partition coefficient (Wildman–Crippen LogP) is 2.19. The Morgan fingerprint density at radius 1 is 1.24 bits per heavy atom. The Bertz CT molecular complexity index is 901. The molecular weight excluding hydrogens is 312 g/mol. The molecule has 3 aromatic rings. The van der Waals surface area contributed by atoms with Crippen LogP contribution in [-0.2, 0) is 18.4 Å². The molecule has 1 aliphatic heterocycles. The summed E-state index contributed by atoms with van der Waals surface area (Å²) in [5.74, 6) is 0.238. The monoisotopic (exact) mass is 334 g/mol. The smallest absolute Gasteiger partial charge is 0.225 e. The van der Waals surface area contributed by atoms with E-state index in [-0.39, 0.29) is 17.7 Å². The third kappa shape index (κ3) is 3.28. The zero-order chi connectivity index (χ0) is 17.2. The number of fused-ring (bicyclic) bond motifs is 1. The SMILES string of the molecule is Cn1cc([C@H]2CNC[C@@H]2C(=O)NCc2ccc3ccccc3c2)cn1. The molecule has 0 aliphatic carbocycles. The van der Waals surface area contributed by atoms with Crippen LogP contribution >= 0.6 is 0 Å². The molecule has 0 spiro atoms. The first-order valence-electron chi connectivity index (χ1n) is 8.65. The molecule has 1 saturated heterocycles. The van der Waals surface area contributed by atoms with Gasteiger partial charge in [-0.15, -0.1) is 0 Å². The van der Waals surface area contributed by atoms with E-state index in [1.807, 2.05) is 31.6 Å². The van der Waals surface area contributed by atoms with E-state index in [0.29, 0.717) is 13.1 Å². The van der Waals surface area contributed by atoms with Gasteiger partial charge in [0.15, 0.2) is 0 Å². The standard InChI is InChI=1S/C20H22N4O/c1-24-13-17(10-23-24)18-11-21-12-19(18)20(25)22-9-14-6-7-15-4-2-3-5-16(15)8-14/h2-8,10,13,18-19,21H,9,11-12H2,1H3,(H,22,25)/t18-,19+/m1/s1. The summed E-state index contributed by atoms with van der Waals surface area (Å²) in [7, 11) is 1.90. The summed E-state index contributed by atoms with van der Waals surface area (Å²) in [5, 5.41) is 13.1. The van der Waals surface area contributed by atoms with Crippen molar-refractivity contribution >= 4 is 16.7 Å². The number of hydrogen-bond acceptors (Lipinski definition) is 3. The Labute approximate surface area is 147 Å². The lowest BCUT2D eigenvalue weighted by atomic mass is 9.90. The van der Waals surface area contributed by atoms with Gasteiger partial charge in [0.1, 0.15) is 0 Å². The number of amides is 1. The highest BCUT2D eigenvalue weighted by atomic mass is 16.1. The van der Waals surface area contributed by atoms with E-state index in [9.17, 15) is 4.79 Å². The minimum Gasteiger partial charge on any atom is -0.352 e. The number of carbonyl (C=O) groups excluding carboxylic acids is 1.